The molecule has 1 aliphatic heterocycles. The topological polar surface area (TPSA) is 123 Å². The summed E-state index contributed by atoms with van der Waals surface area (Å²) in [6.45, 7) is 7.98. The predicted molar refractivity (Wildman–Crippen MR) is 190 cm³/mol. The van der Waals surface area contributed by atoms with Crippen LogP contribution in [-0.2, 0) is 27.2 Å². The van der Waals surface area contributed by atoms with Crippen LogP contribution in [0, 0.1) is 5.82 Å². The summed E-state index contributed by atoms with van der Waals surface area (Å²) >= 11 is 0. The lowest BCUT2D eigenvalue weighted by atomic mass is 9.95. The summed E-state index contributed by atoms with van der Waals surface area (Å²) in [5.74, 6) is 0.569. The predicted octanol–water partition coefficient (Wildman–Crippen LogP) is 6.08. The molecule has 12 heteroatoms. The summed E-state index contributed by atoms with van der Waals surface area (Å²) in [5, 5.41) is 2.93. The van der Waals surface area contributed by atoms with Crippen LogP contribution in [0.5, 0.6) is 0 Å². The van der Waals surface area contributed by atoms with Crippen molar-refractivity contribution in [3.8, 4) is 5.69 Å². The number of aryl methyl sites for hydroxylation is 1. The van der Waals surface area contributed by atoms with Crippen LogP contribution in [0.15, 0.2) is 71.5 Å². The second-order valence-corrected chi connectivity index (χ2v) is 14.0. The van der Waals surface area contributed by atoms with E-state index < -0.39 is 23.6 Å². The Balaban J connectivity index is 1.19. The van der Waals surface area contributed by atoms with Gasteiger partial charge in [-0.2, -0.15) is 0 Å². The van der Waals surface area contributed by atoms with Crippen LogP contribution < -0.4 is 11.0 Å². The third kappa shape index (κ3) is 8.07. The summed E-state index contributed by atoms with van der Waals surface area (Å²) in [4.78, 5) is 49.3. The lowest BCUT2D eigenvalue weighted by molar-refractivity contribution is -0.133. The van der Waals surface area contributed by atoms with Crippen LogP contribution in [0.4, 0.5) is 9.18 Å². The number of para-hydroxylation sites is 2. The Labute approximate surface area is 290 Å². The minimum atomic E-state index is -0.707. The van der Waals surface area contributed by atoms with E-state index in [0.29, 0.717) is 42.8 Å². The molecule has 50 heavy (non-hydrogen) atoms. The number of aromatic amines is 1. The first-order chi connectivity index (χ1) is 24.0. The molecule has 11 nitrogen and oxygen atoms in total. The Kier molecular flexibility index (Phi) is 10.4. The molecule has 6 rings (SSSR count). The van der Waals surface area contributed by atoms with Gasteiger partial charge >= 0.3 is 11.8 Å². The van der Waals surface area contributed by atoms with Gasteiger partial charge in [0.05, 0.1) is 27.8 Å². The molecule has 264 valence electrons. The van der Waals surface area contributed by atoms with Crippen molar-refractivity contribution in [1.82, 2.24) is 29.3 Å². The second kappa shape index (κ2) is 14.9. The molecule has 2 atom stereocenters. The van der Waals surface area contributed by atoms with Gasteiger partial charge in [0.2, 0.25) is 5.91 Å². The maximum Gasteiger partial charge on any atom is 0.407 e. The molecule has 0 saturated carbocycles. The molecule has 3 aromatic carbocycles. The molecule has 0 spiro atoms. The number of benzene rings is 3. The van der Waals surface area contributed by atoms with E-state index >= 15 is 0 Å². The number of fused-ring (bicyclic) bond motifs is 2. The molecular formula is C38H45FN6O5. The number of hydrogen-bond donors (Lipinski definition) is 2. The number of nitrogens with one attached hydrogen (secondary N) is 2. The van der Waals surface area contributed by atoms with Gasteiger partial charge in [0.15, 0.2) is 0 Å². The van der Waals surface area contributed by atoms with Crippen LogP contribution in [-0.4, -0.2) is 74.5 Å². The van der Waals surface area contributed by atoms with E-state index in [-0.39, 0.29) is 23.9 Å². The monoisotopic (exact) mass is 684 g/mol. The van der Waals surface area contributed by atoms with Crippen molar-refractivity contribution in [2.45, 2.75) is 77.0 Å². The van der Waals surface area contributed by atoms with E-state index in [2.05, 4.69) is 20.9 Å². The molecule has 2 aromatic heterocycles. The Bertz CT molecular complexity index is 2030. The average molecular weight is 685 g/mol. The number of imidazole rings is 2. The molecule has 0 bridgehead atoms. The van der Waals surface area contributed by atoms with Gasteiger partial charge < -0.3 is 29.2 Å². The Morgan fingerprint density at radius 1 is 1.08 bits per heavy atom. The number of methoxy groups -OCH3 is 1. The quantitative estimate of drug-likeness (QED) is 0.163. The van der Waals surface area contributed by atoms with Crippen molar-refractivity contribution in [2.24, 2.45) is 0 Å². The number of ether oxygens (including phenoxy) is 2. The molecule has 0 unspecified atom stereocenters. The fourth-order valence-corrected chi connectivity index (χ4v) is 6.81. The smallest absolute Gasteiger partial charge is 0.407 e. The number of carbonyl (C=O) groups is 2. The van der Waals surface area contributed by atoms with Gasteiger partial charge in [-0.05, 0) is 88.4 Å². The van der Waals surface area contributed by atoms with Crippen LogP contribution in [0.25, 0.3) is 27.8 Å². The van der Waals surface area contributed by atoms with E-state index in [0.717, 1.165) is 48.2 Å². The minimum Gasteiger partial charge on any atom is -0.444 e. The fraction of sp³-hybridized carbons (Fsp3) is 0.421. The fourth-order valence-electron chi connectivity index (χ4n) is 6.81. The maximum absolute atomic E-state index is 14.0. The highest BCUT2D eigenvalue weighted by atomic mass is 19.1. The first-order valence-corrected chi connectivity index (χ1v) is 17.2. The Hall–Kier alpha value is -4.97. The number of rotatable bonds is 11. The van der Waals surface area contributed by atoms with Crippen LogP contribution in [0.2, 0.25) is 0 Å². The molecular weight excluding hydrogens is 639 g/mol. The van der Waals surface area contributed by atoms with Crippen molar-refractivity contribution in [1.29, 1.82) is 0 Å². The maximum atomic E-state index is 14.0. The number of piperidine rings is 1. The highest BCUT2D eigenvalue weighted by Gasteiger charge is 2.30. The van der Waals surface area contributed by atoms with Crippen molar-refractivity contribution < 1.29 is 23.5 Å². The zero-order valence-corrected chi connectivity index (χ0v) is 29.1. The average Bonchev–Trinajstić information content (AvgIpc) is 3.61. The van der Waals surface area contributed by atoms with Crippen molar-refractivity contribution in [3.63, 3.8) is 0 Å². The molecule has 3 heterocycles. The zero-order valence-electron chi connectivity index (χ0n) is 29.1. The van der Waals surface area contributed by atoms with E-state index in [4.69, 9.17) is 14.5 Å². The first kappa shape index (κ1) is 34.9. The molecule has 1 saturated heterocycles. The largest absolute Gasteiger partial charge is 0.444 e. The number of alkyl carbamates (subject to hydrolysis) is 1. The van der Waals surface area contributed by atoms with Gasteiger partial charge in [-0.15, -0.1) is 0 Å². The normalized spacial score (nSPS) is 15.8. The van der Waals surface area contributed by atoms with E-state index in [1.807, 2.05) is 35.2 Å². The highest BCUT2D eigenvalue weighted by molar-refractivity contribution is 5.79. The molecule has 5 aromatic rings. The first-order valence-electron chi connectivity index (χ1n) is 17.2. The van der Waals surface area contributed by atoms with E-state index in [1.165, 1.54) is 22.8 Å². The number of carbonyl (C=O) groups excluding carboxylic acids is 2. The van der Waals surface area contributed by atoms with Crippen molar-refractivity contribution in [3.05, 3.63) is 94.4 Å². The number of hydrogen-bond acceptors (Lipinski definition) is 6. The Morgan fingerprint density at radius 3 is 2.62 bits per heavy atom. The number of H-pyrrole nitrogens is 1. The number of likely N-dealkylation sites (tertiary alicyclic amines) is 1. The van der Waals surface area contributed by atoms with Crippen LogP contribution >= 0.6 is 0 Å². The summed E-state index contributed by atoms with van der Waals surface area (Å²) in [5.41, 5.74) is 3.32. The van der Waals surface area contributed by atoms with Crippen molar-refractivity contribution in [2.75, 3.05) is 26.8 Å². The lowest BCUT2D eigenvalue weighted by Gasteiger charge is -2.34. The molecule has 2 amide bonds. The van der Waals surface area contributed by atoms with E-state index in [9.17, 15) is 18.8 Å². The molecule has 1 fully saturated rings. The number of aromatic nitrogens is 4. The number of nitrogens with zero attached hydrogens (tertiary/aromatic N) is 4. The standard InChI is InChI=1S/C38H45FN6O5/c1-38(2,3)50-37(48)40-28(21-25-12-15-29(16-13-25)45-33-22-27(39)14-17-31(33)42-36(45)47)23-34(46)43-18-7-9-26(24-43)35-41-30-10-5-6-11-32(30)44(35)19-8-20-49-4/h5-6,10-17,22,26,28H,7-9,18-21,23-24H2,1-4H3,(H,40,48)(H,42,47)/t26-,28-/m1/s1. The molecule has 0 aliphatic carbocycles. The van der Waals surface area contributed by atoms with Gasteiger partial charge in [-0.1, -0.05) is 24.3 Å². The minimum absolute atomic E-state index is 0.0539. The van der Waals surface area contributed by atoms with E-state index in [1.54, 1.807) is 40.0 Å². The van der Waals surface area contributed by atoms with Crippen molar-refractivity contribution >= 4 is 34.1 Å². The van der Waals surface area contributed by atoms with Gasteiger partial charge in [-0.3, -0.25) is 9.36 Å². The lowest BCUT2D eigenvalue weighted by Crippen LogP contribution is -2.46. The second-order valence-electron chi connectivity index (χ2n) is 14.0. The van der Waals surface area contributed by atoms with Gasteiger partial charge in [0.1, 0.15) is 17.2 Å². The number of halogens is 1. The summed E-state index contributed by atoms with van der Waals surface area (Å²) in [7, 11) is 1.70. The highest BCUT2D eigenvalue weighted by Crippen LogP contribution is 2.30. The summed E-state index contributed by atoms with van der Waals surface area (Å²) in [6.07, 6.45) is 2.47. The van der Waals surface area contributed by atoms with Gasteiger partial charge in [0, 0.05) is 57.8 Å². The van der Waals surface area contributed by atoms with Crippen LogP contribution in [0.1, 0.15) is 63.8 Å². The summed E-state index contributed by atoms with van der Waals surface area (Å²) in [6, 6.07) is 19.0. The molecule has 1 aliphatic rings. The number of amides is 2. The third-order valence-corrected chi connectivity index (χ3v) is 9.02. The van der Waals surface area contributed by atoms with Gasteiger partial charge in [-0.25, -0.2) is 19.0 Å². The Morgan fingerprint density at radius 2 is 1.86 bits per heavy atom. The third-order valence-electron chi connectivity index (χ3n) is 9.02. The zero-order chi connectivity index (χ0) is 35.4. The SMILES string of the molecule is COCCCn1c([C@@H]2CCCN(C(=O)C[C@@H](Cc3ccc(-n4c(=O)[nH]c5ccc(F)cc54)cc3)NC(=O)OC(C)(C)C)C2)nc2ccccc21. The molecule has 0 radical (unpaired) electrons. The van der Waals surface area contributed by atoms with Gasteiger partial charge in [0.25, 0.3) is 0 Å². The summed E-state index contributed by atoms with van der Waals surface area (Å²) < 4.78 is 28.6. The van der Waals surface area contributed by atoms with Crippen LogP contribution in [0.3, 0.4) is 0 Å². The molecule has 2 N–H and O–H groups in total.